The van der Waals surface area contributed by atoms with Gasteiger partial charge in [-0.3, -0.25) is 14.9 Å². The molecule has 0 saturated carbocycles. The lowest BCUT2D eigenvalue weighted by molar-refractivity contribution is -0.384. The highest BCUT2D eigenvalue weighted by Crippen LogP contribution is 2.28. The molecule has 1 rings (SSSR count). The first-order valence-electron chi connectivity index (χ1n) is 5.44. The van der Waals surface area contributed by atoms with Crippen LogP contribution in [-0.4, -0.2) is 17.9 Å². The first-order valence-corrected chi connectivity index (χ1v) is 3.94. The standard InChI is InChI=1S/C9H10N2O4/c1-6(12)10-8-4-3-7(15-2)5-9(8)11(13)14/h3-5H,1-2H3,(H,10,12)/i2D3. The maximum Gasteiger partial charge on any atom is 0.296 e. The van der Waals surface area contributed by atoms with Gasteiger partial charge >= 0.3 is 0 Å². The number of hydrogen-bond acceptors (Lipinski definition) is 4. The maximum absolute atomic E-state index is 10.8. The third-order valence-corrected chi connectivity index (χ3v) is 1.59. The first-order chi connectivity index (χ1) is 8.19. The van der Waals surface area contributed by atoms with E-state index in [0.29, 0.717) is 0 Å². The average Bonchev–Trinajstić information content (AvgIpc) is 2.17. The number of nitro benzene ring substituents is 1. The molecule has 0 fully saturated rings. The van der Waals surface area contributed by atoms with E-state index >= 15 is 0 Å². The molecule has 6 nitrogen and oxygen atoms in total. The minimum Gasteiger partial charge on any atom is -0.496 e. The summed E-state index contributed by atoms with van der Waals surface area (Å²) in [5.74, 6) is -0.640. The molecule has 80 valence electrons. The Bertz CT molecular complexity index is 487. The van der Waals surface area contributed by atoms with Gasteiger partial charge in [-0.05, 0) is 12.1 Å². The molecule has 0 aliphatic carbocycles. The number of carbonyl (C=O) groups is 1. The van der Waals surface area contributed by atoms with Gasteiger partial charge in [-0.25, -0.2) is 0 Å². The van der Waals surface area contributed by atoms with Gasteiger partial charge in [0.2, 0.25) is 5.91 Å². The average molecular weight is 213 g/mol. The van der Waals surface area contributed by atoms with E-state index in [1.54, 1.807) is 0 Å². The smallest absolute Gasteiger partial charge is 0.296 e. The minimum absolute atomic E-state index is 0.0228. The molecule has 0 saturated heterocycles. The molecule has 15 heavy (non-hydrogen) atoms. The summed E-state index contributed by atoms with van der Waals surface area (Å²) in [7, 11) is -2.69. The van der Waals surface area contributed by atoms with Crippen LogP contribution >= 0.6 is 0 Å². The Morgan fingerprint density at radius 3 is 2.93 bits per heavy atom. The number of nitrogens with zero attached hydrogens (tertiary/aromatic N) is 1. The largest absolute Gasteiger partial charge is 0.496 e. The molecule has 0 spiro atoms. The summed E-state index contributed by atoms with van der Waals surface area (Å²) < 4.78 is 25.2. The van der Waals surface area contributed by atoms with Crippen molar-refractivity contribution >= 4 is 17.3 Å². The Morgan fingerprint density at radius 2 is 2.40 bits per heavy atom. The molecule has 0 bridgehead atoms. The summed E-state index contributed by atoms with van der Waals surface area (Å²) in [5.41, 5.74) is -0.461. The highest BCUT2D eigenvalue weighted by molar-refractivity contribution is 5.91. The molecule has 1 aromatic carbocycles. The lowest BCUT2D eigenvalue weighted by Gasteiger charge is -2.05. The number of nitrogens with one attached hydrogen (secondary N) is 1. The van der Waals surface area contributed by atoms with E-state index in [-0.39, 0.29) is 11.4 Å². The zero-order valence-corrected chi connectivity index (χ0v) is 7.81. The van der Waals surface area contributed by atoms with Gasteiger partial charge in [-0.2, -0.15) is 0 Å². The second-order valence-electron chi connectivity index (χ2n) is 2.72. The number of rotatable bonds is 3. The molecule has 0 atom stereocenters. The molecule has 1 N–H and O–H groups in total. The van der Waals surface area contributed by atoms with Crippen LogP contribution in [0.25, 0.3) is 0 Å². The van der Waals surface area contributed by atoms with E-state index in [1.807, 2.05) is 0 Å². The van der Waals surface area contributed by atoms with Crippen LogP contribution < -0.4 is 10.1 Å². The van der Waals surface area contributed by atoms with Gasteiger partial charge in [0.1, 0.15) is 11.4 Å². The van der Waals surface area contributed by atoms with E-state index < -0.39 is 23.6 Å². The Balaban J connectivity index is 3.11. The van der Waals surface area contributed by atoms with E-state index in [0.717, 1.165) is 6.07 Å². The molecule has 0 aromatic heterocycles. The second kappa shape index (κ2) is 4.41. The van der Waals surface area contributed by atoms with E-state index in [1.165, 1.54) is 19.1 Å². The Morgan fingerprint density at radius 1 is 1.67 bits per heavy atom. The fourth-order valence-corrected chi connectivity index (χ4v) is 1.02. The summed E-state index contributed by atoms with van der Waals surface area (Å²) in [6.45, 7) is 1.20. The quantitative estimate of drug-likeness (QED) is 0.610. The molecular formula is C9H10N2O4. The third-order valence-electron chi connectivity index (χ3n) is 1.59. The van der Waals surface area contributed by atoms with E-state index in [9.17, 15) is 14.9 Å². The highest BCUT2D eigenvalue weighted by atomic mass is 16.6. The van der Waals surface area contributed by atoms with Crippen LogP contribution in [0.1, 0.15) is 11.0 Å². The molecular weight excluding hydrogens is 200 g/mol. The van der Waals surface area contributed by atoms with Crippen molar-refractivity contribution in [3.8, 4) is 5.75 Å². The lowest BCUT2D eigenvalue weighted by Crippen LogP contribution is -2.08. The zero-order valence-electron chi connectivity index (χ0n) is 10.8. The van der Waals surface area contributed by atoms with Crippen molar-refractivity contribution < 1.29 is 18.6 Å². The number of amides is 1. The van der Waals surface area contributed by atoms with Crippen molar-refractivity contribution in [1.29, 1.82) is 0 Å². The van der Waals surface area contributed by atoms with Gasteiger partial charge in [0.15, 0.2) is 0 Å². The molecule has 0 aliphatic rings. The van der Waals surface area contributed by atoms with Crippen LogP contribution in [0, 0.1) is 10.1 Å². The van der Waals surface area contributed by atoms with Crippen LogP contribution in [0.5, 0.6) is 5.75 Å². The molecule has 0 radical (unpaired) electrons. The zero-order chi connectivity index (χ0) is 13.9. The number of benzene rings is 1. The topological polar surface area (TPSA) is 81.5 Å². The number of methoxy groups -OCH3 is 1. The SMILES string of the molecule is [2H]C([2H])([2H])Oc1ccc(NC(C)=O)c([N+](=O)[O-])c1. The van der Waals surface area contributed by atoms with E-state index in [4.69, 9.17) is 4.11 Å². The monoisotopic (exact) mass is 213 g/mol. The second-order valence-corrected chi connectivity index (χ2v) is 2.72. The number of ether oxygens (including phenoxy) is 1. The lowest BCUT2D eigenvalue weighted by atomic mass is 10.2. The Labute approximate surface area is 90.2 Å². The highest BCUT2D eigenvalue weighted by Gasteiger charge is 2.15. The minimum atomic E-state index is -2.69. The van der Waals surface area contributed by atoms with Crippen molar-refractivity contribution in [1.82, 2.24) is 0 Å². The van der Waals surface area contributed by atoms with Gasteiger partial charge in [0.05, 0.1) is 22.1 Å². The van der Waals surface area contributed by atoms with Gasteiger partial charge in [-0.1, -0.05) is 0 Å². The molecule has 0 heterocycles. The van der Waals surface area contributed by atoms with Crippen LogP contribution in [-0.2, 0) is 4.79 Å². The summed E-state index contributed by atoms with van der Waals surface area (Å²) >= 11 is 0. The van der Waals surface area contributed by atoms with E-state index in [2.05, 4.69) is 10.1 Å². The molecule has 1 aromatic rings. The van der Waals surface area contributed by atoms with Crippen molar-refractivity contribution in [2.24, 2.45) is 0 Å². The summed E-state index contributed by atoms with van der Waals surface area (Å²) in [4.78, 5) is 20.9. The fraction of sp³-hybridized carbons (Fsp3) is 0.222. The van der Waals surface area contributed by atoms with Crippen LogP contribution in [0.2, 0.25) is 0 Å². The van der Waals surface area contributed by atoms with Crippen molar-refractivity contribution in [2.45, 2.75) is 6.92 Å². The third kappa shape index (κ3) is 2.67. The summed E-state index contributed by atoms with van der Waals surface area (Å²) in [6, 6.07) is 3.38. The predicted molar refractivity (Wildman–Crippen MR) is 54.0 cm³/mol. The molecule has 0 aliphatic heterocycles. The molecule has 6 heteroatoms. The van der Waals surface area contributed by atoms with Crippen LogP contribution in [0.3, 0.4) is 0 Å². The van der Waals surface area contributed by atoms with Gasteiger partial charge in [0.25, 0.3) is 5.69 Å². The fourth-order valence-electron chi connectivity index (χ4n) is 1.02. The number of carbonyl (C=O) groups excluding carboxylic acids is 1. The van der Waals surface area contributed by atoms with Crippen molar-refractivity contribution in [3.63, 3.8) is 0 Å². The number of anilines is 1. The van der Waals surface area contributed by atoms with Crippen LogP contribution in [0.4, 0.5) is 11.4 Å². The Hall–Kier alpha value is -2.11. The number of nitro groups is 1. The Kier molecular flexibility index (Phi) is 2.12. The van der Waals surface area contributed by atoms with Gasteiger partial charge in [-0.15, -0.1) is 0 Å². The number of hydrogen-bond donors (Lipinski definition) is 1. The van der Waals surface area contributed by atoms with Crippen LogP contribution in [0.15, 0.2) is 18.2 Å². The molecule has 0 unspecified atom stereocenters. The van der Waals surface area contributed by atoms with Gasteiger partial charge in [0, 0.05) is 6.92 Å². The van der Waals surface area contributed by atoms with Gasteiger partial charge < -0.3 is 10.1 Å². The summed E-state index contributed by atoms with van der Waals surface area (Å²) in [5, 5.41) is 13.0. The summed E-state index contributed by atoms with van der Waals surface area (Å²) in [6.07, 6.45) is 0. The maximum atomic E-state index is 10.8. The molecule has 1 amide bonds. The van der Waals surface area contributed by atoms with Crippen molar-refractivity contribution in [3.05, 3.63) is 28.3 Å². The normalized spacial score (nSPS) is 13.3. The predicted octanol–water partition coefficient (Wildman–Crippen LogP) is 1.56. The van der Waals surface area contributed by atoms with Crippen molar-refractivity contribution in [2.75, 3.05) is 12.4 Å². The first kappa shape index (κ1) is 7.22.